The molecule has 1 aliphatic heterocycles. The van der Waals surface area contributed by atoms with E-state index in [0.29, 0.717) is 17.9 Å². The van der Waals surface area contributed by atoms with Crippen molar-refractivity contribution in [2.75, 3.05) is 6.61 Å². The van der Waals surface area contributed by atoms with Gasteiger partial charge in [0.1, 0.15) is 5.69 Å². The van der Waals surface area contributed by atoms with E-state index in [1.165, 1.54) is 0 Å². The van der Waals surface area contributed by atoms with Crippen LogP contribution in [0.1, 0.15) is 63.3 Å². The van der Waals surface area contributed by atoms with Gasteiger partial charge in [0.15, 0.2) is 5.82 Å². The van der Waals surface area contributed by atoms with Crippen LogP contribution < -0.4 is 5.32 Å². The zero-order chi connectivity index (χ0) is 19.6. The second-order valence-electron chi connectivity index (χ2n) is 8.53. The first-order valence-corrected chi connectivity index (χ1v) is 10.0. The van der Waals surface area contributed by atoms with Gasteiger partial charge in [-0.15, -0.1) is 0 Å². The van der Waals surface area contributed by atoms with E-state index < -0.39 is 0 Å². The van der Waals surface area contributed by atoms with Gasteiger partial charge < -0.3 is 10.1 Å². The maximum atomic E-state index is 12.6. The summed E-state index contributed by atoms with van der Waals surface area (Å²) in [5.74, 6) is 0.648. The third kappa shape index (κ3) is 4.35. The van der Waals surface area contributed by atoms with Crippen LogP contribution in [0.4, 0.5) is 0 Å². The van der Waals surface area contributed by atoms with Crippen LogP contribution in [0.5, 0.6) is 0 Å². The van der Waals surface area contributed by atoms with Crippen LogP contribution in [-0.2, 0) is 16.0 Å². The molecule has 1 N–H and O–H groups in total. The first-order valence-electron chi connectivity index (χ1n) is 10.0. The van der Waals surface area contributed by atoms with Crippen molar-refractivity contribution in [3.8, 4) is 11.5 Å². The molecule has 0 unspecified atom stereocenters. The standard InChI is InChI=1S/C21H27N5O2/c1-21(2)10-16(25-19(27)6-5-14-4-3-9-28-14)15-12-24-20(26-17(15)11-21)18-13-22-7-8-23-18/h7-8,12-14,16H,3-6,9-11H2,1-2H3,(H,25,27)/t14-,16-/m0/s1. The van der Waals surface area contributed by atoms with E-state index >= 15 is 0 Å². The zero-order valence-corrected chi connectivity index (χ0v) is 16.5. The number of ether oxygens (including phenoxy) is 1. The number of carbonyl (C=O) groups excluding carboxylic acids is 1. The molecule has 1 fully saturated rings. The van der Waals surface area contributed by atoms with Crippen molar-refractivity contribution < 1.29 is 9.53 Å². The number of nitrogens with one attached hydrogen (secondary N) is 1. The molecule has 1 aliphatic carbocycles. The molecule has 3 heterocycles. The monoisotopic (exact) mass is 381 g/mol. The van der Waals surface area contributed by atoms with Crippen molar-refractivity contribution in [1.29, 1.82) is 0 Å². The molecule has 7 nitrogen and oxygen atoms in total. The Morgan fingerprint density at radius 3 is 2.93 bits per heavy atom. The van der Waals surface area contributed by atoms with Crippen LogP contribution in [0.3, 0.4) is 0 Å². The van der Waals surface area contributed by atoms with Gasteiger partial charge in [0.05, 0.1) is 24.0 Å². The Morgan fingerprint density at radius 1 is 1.29 bits per heavy atom. The van der Waals surface area contributed by atoms with E-state index in [2.05, 4.69) is 34.1 Å². The lowest BCUT2D eigenvalue weighted by Crippen LogP contribution is -2.37. The molecular weight excluding hydrogens is 354 g/mol. The van der Waals surface area contributed by atoms with Crippen LogP contribution in [0.15, 0.2) is 24.8 Å². The fraction of sp³-hybridized carbons (Fsp3) is 0.571. The quantitative estimate of drug-likeness (QED) is 0.856. The van der Waals surface area contributed by atoms with Gasteiger partial charge in [0.2, 0.25) is 5.91 Å². The average molecular weight is 381 g/mol. The molecule has 0 bridgehead atoms. The van der Waals surface area contributed by atoms with Crippen molar-refractivity contribution in [3.05, 3.63) is 36.0 Å². The fourth-order valence-electron chi connectivity index (χ4n) is 4.14. The highest BCUT2D eigenvalue weighted by Crippen LogP contribution is 2.40. The molecule has 28 heavy (non-hydrogen) atoms. The molecule has 1 saturated heterocycles. The van der Waals surface area contributed by atoms with Gasteiger partial charge in [-0.05, 0) is 37.5 Å². The lowest BCUT2D eigenvalue weighted by atomic mass is 9.74. The zero-order valence-electron chi connectivity index (χ0n) is 16.5. The van der Waals surface area contributed by atoms with Crippen molar-refractivity contribution in [2.24, 2.45) is 5.41 Å². The van der Waals surface area contributed by atoms with Gasteiger partial charge >= 0.3 is 0 Å². The van der Waals surface area contributed by atoms with E-state index in [1.807, 2.05) is 6.20 Å². The predicted molar refractivity (Wildman–Crippen MR) is 104 cm³/mol. The summed E-state index contributed by atoms with van der Waals surface area (Å²) in [6.45, 7) is 5.25. The van der Waals surface area contributed by atoms with Crippen LogP contribution in [0.25, 0.3) is 11.5 Å². The molecule has 2 aliphatic rings. The highest BCUT2D eigenvalue weighted by Gasteiger charge is 2.34. The number of aromatic nitrogens is 4. The number of nitrogens with zero attached hydrogens (tertiary/aromatic N) is 4. The molecule has 2 aromatic heterocycles. The van der Waals surface area contributed by atoms with Gasteiger partial charge in [-0.25, -0.2) is 15.0 Å². The summed E-state index contributed by atoms with van der Waals surface area (Å²) >= 11 is 0. The van der Waals surface area contributed by atoms with Crippen molar-refractivity contribution in [1.82, 2.24) is 25.3 Å². The van der Waals surface area contributed by atoms with E-state index in [4.69, 9.17) is 9.72 Å². The molecule has 0 radical (unpaired) electrons. The summed E-state index contributed by atoms with van der Waals surface area (Å²) in [6.07, 6.45) is 12.2. The molecule has 148 valence electrons. The Labute approximate surface area is 165 Å². The molecule has 0 spiro atoms. The number of hydrogen-bond acceptors (Lipinski definition) is 6. The first kappa shape index (κ1) is 18.9. The van der Waals surface area contributed by atoms with E-state index in [9.17, 15) is 4.79 Å². The number of rotatable bonds is 5. The van der Waals surface area contributed by atoms with Crippen LogP contribution >= 0.6 is 0 Å². The van der Waals surface area contributed by atoms with Crippen molar-refractivity contribution in [2.45, 2.75) is 64.5 Å². The summed E-state index contributed by atoms with van der Waals surface area (Å²) in [4.78, 5) is 30.2. The van der Waals surface area contributed by atoms with Crippen LogP contribution in [-0.4, -0.2) is 38.6 Å². The van der Waals surface area contributed by atoms with Gasteiger partial charge in [-0.1, -0.05) is 13.8 Å². The Kier molecular flexibility index (Phi) is 5.35. The summed E-state index contributed by atoms with van der Waals surface area (Å²) < 4.78 is 5.63. The minimum Gasteiger partial charge on any atom is -0.378 e. The lowest BCUT2D eigenvalue weighted by molar-refractivity contribution is -0.122. The smallest absolute Gasteiger partial charge is 0.220 e. The summed E-state index contributed by atoms with van der Waals surface area (Å²) in [5.41, 5.74) is 2.70. The van der Waals surface area contributed by atoms with E-state index in [-0.39, 0.29) is 23.5 Å². The Balaban J connectivity index is 1.50. The van der Waals surface area contributed by atoms with Crippen molar-refractivity contribution in [3.63, 3.8) is 0 Å². The molecule has 0 aromatic carbocycles. The highest BCUT2D eigenvalue weighted by molar-refractivity contribution is 5.76. The fourth-order valence-corrected chi connectivity index (χ4v) is 4.14. The predicted octanol–water partition coefficient (Wildman–Crippen LogP) is 3.02. The third-order valence-corrected chi connectivity index (χ3v) is 5.52. The second kappa shape index (κ2) is 7.91. The number of amides is 1. The van der Waals surface area contributed by atoms with Gasteiger partial charge in [-0.3, -0.25) is 9.78 Å². The van der Waals surface area contributed by atoms with Gasteiger partial charge in [0.25, 0.3) is 0 Å². The first-order chi connectivity index (χ1) is 13.5. The minimum atomic E-state index is -0.0633. The maximum Gasteiger partial charge on any atom is 0.220 e. The van der Waals surface area contributed by atoms with E-state index in [1.54, 1.807) is 18.6 Å². The van der Waals surface area contributed by atoms with Crippen LogP contribution in [0, 0.1) is 5.41 Å². The molecule has 7 heteroatoms. The molecular formula is C21H27N5O2. The molecule has 0 saturated carbocycles. The Hall–Kier alpha value is -2.41. The molecule has 4 rings (SSSR count). The number of hydrogen-bond donors (Lipinski definition) is 1. The van der Waals surface area contributed by atoms with E-state index in [0.717, 1.165) is 50.0 Å². The normalized spacial score (nSPS) is 23.2. The highest BCUT2D eigenvalue weighted by atomic mass is 16.5. The van der Waals surface area contributed by atoms with Crippen LogP contribution in [0.2, 0.25) is 0 Å². The average Bonchev–Trinajstić information content (AvgIpc) is 3.19. The topological polar surface area (TPSA) is 89.9 Å². The maximum absolute atomic E-state index is 12.6. The molecule has 2 atom stereocenters. The lowest BCUT2D eigenvalue weighted by Gasteiger charge is -2.36. The summed E-state index contributed by atoms with van der Waals surface area (Å²) in [5, 5.41) is 3.21. The summed E-state index contributed by atoms with van der Waals surface area (Å²) in [7, 11) is 0. The van der Waals surface area contributed by atoms with Gasteiger partial charge in [0, 0.05) is 37.2 Å². The number of carbonyl (C=O) groups is 1. The van der Waals surface area contributed by atoms with Crippen molar-refractivity contribution >= 4 is 5.91 Å². The third-order valence-electron chi connectivity index (χ3n) is 5.52. The Morgan fingerprint density at radius 2 is 2.18 bits per heavy atom. The molecule has 2 aromatic rings. The minimum absolute atomic E-state index is 0.0491. The molecule has 1 amide bonds. The SMILES string of the molecule is CC1(C)Cc2nc(-c3cnccn3)ncc2[C@@H](NC(=O)CC[C@@H]2CCCO2)C1. The number of fused-ring (bicyclic) bond motifs is 1. The van der Waals surface area contributed by atoms with Gasteiger partial charge in [-0.2, -0.15) is 0 Å². The Bertz CT molecular complexity index is 834. The summed E-state index contributed by atoms with van der Waals surface area (Å²) in [6, 6.07) is -0.0633. The largest absolute Gasteiger partial charge is 0.378 e. The second-order valence-corrected chi connectivity index (χ2v) is 8.53.